The van der Waals surface area contributed by atoms with Gasteiger partial charge in [0, 0.05) is 38.3 Å². The van der Waals surface area contributed by atoms with Crippen LogP contribution in [0.5, 0.6) is 0 Å². The largest absolute Gasteiger partial charge is 0.382 e. The number of nitrogens with two attached hydrogens (primary N) is 1. The first kappa shape index (κ1) is 15.2. The second-order valence-electron chi connectivity index (χ2n) is 6.42. The van der Waals surface area contributed by atoms with E-state index in [-0.39, 0.29) is 0 Å². The molecule has 2 aromatic heterocycles. The summed E-state index contributed by atoms with van der Waals surface area (Å²) in [6, 6.07) is 6.26. The van der Waals surface area contributed by atoms with Crippen molar-refractivity contribution in [2.45, 2.75) is 26.2 Å². The van der Waals surface area contributed by atoms with Crippen LogP contribution in [0.1, 0.15) is 25.6 Å². The molecular weight excluding hydrogens is 300 g/mol. The number of unbranched alkanes of at least 4 members (excludes halogenated alkanes) is 1. The van der Waals surface area contributed by atoms with Crippen molar-refractivity contribution in [3.63, 3.8) is 0 Å². The van der Waals surface area contributed by atoms with Crippen molar-refractivity contribution in [2.75, 3.05) is 36.8 Å². The van der Waals surface area contributed by atoms with Crippen molar-refractivity contribution in [2.24, 2.45) is 0 Å². The molecule has 4 rings (SSSR count). The van der Waals surface area contributed by atoms with Gasteiger partial charge in [-0.15, -0.1) is 0 Å². The summed E-state index contributed by atoms with van der Waals surface area (Å²) < 4.78 is 0. The van der Waals surface area contributed by atoms with Crippen LogP contribution in [0.15, 0.2) is 18.2 Å². The fourth-order valence-electron chi connectivity index (χ4n) is 3.47. The second kappa shape index (κ2) is 6.28. The number of aryl methyl sites for hydroxylation is 1. The molecule has 0 radical (unpaired) electrons. The molecule has 1 fully saturated rings. The smallest absolute Gasteiger partial charge is 0.150 e. The van der Waals surface area contributed by atoms with Gasteiger partial charge in [0.15, 0.2) is 0 Å². The van der Waals surface area contributed by atoms with E-state index in [1.807, 2.05) is 6.07 Å². The maximum Gasteiger partial charge on any atom is 0.150 e. The van der Waals surface area contributed by atoms with Crippen LogP contribution in [-0.2, 0) is 6.42 Å². The van der Waals surface area contributed by atoms with E-state index in [0.717, 1.165) is 73.2 Å². The third kappa shape index (κ3) is 2.57. The molecule has 4 N–H and O–H groups in total. The molecule has 6 heteroatoms. The number of nitrogens with zero attached hydrogens (tertiary/aromatic N) is 3. The highest BCUT2D eigenvalue weighted by atomic mass is 15.2. The minimum atomic E-state index is 0.533. The van der Waals surface area contributed by atoms with Crippen molar-refractivity contribution in [3.8, 4) is 0 Å². The fourth-order valence-corrected chi connectivity index (χ4v) is 3.47. The second-order valence-corrected chi connectivity index (χ2v) is 6.42. The molecular formula is C18H24N6. The average molecular weight is 324 g/mol. The Morgan fingerprint density at radius 2 is 2.04 bits per heavy atom. The molecule has 3 aromatic rings. The zero-order chi connectivity index (χ0) is 16.5. The summed E-state index contributed by atoms with van der Waals surface area (Å²) in [6.07, 6.45) is 3.22. The maximum atomic E-state index is 6.19. The van der Waals surface area contributed by atoms with E-state index in [4.69, 9.17) is 10.7 Å². The summed E-state index contributed by atoms with van der Waals surface area (Å²) in [6.45, 7) is 6.20. The van der Waals surface area contributed by atoms with Gasteiger partial charge >= 0.3 is 0 Å². The van der Waals surface area contributed by atoms with Gasteiger partial charge in [0.05, 0.1) is 10.9 Å². The first-order chi connectivity index (χ1) is 11.8. The van der Waals surface area contributed by atoms with E-state index < -0.39 is 0 Å². The molecule has 0 saturated carbocycles. The maximum absolute atomic E-state index is 6.19. The van der Waals surface area contributed by atoms with Crippen molar-refractivity contribution in [1.82, 2.24) is 20.3 Å². The highest BCUT2D eigenvalue weighted by Gasteiger charge is 2.18. The lowest BCUT2D eigenvalue weighted by molar-refractivity contribution is 0.590. The van der Waals surface area contributed by atoms with Crippen LogP contribution in [0, 0.1) is 0 Å². The minimum absolute atomic E-state index is 0.533. The van der Waals surface area contributed by atoms with Gasteiger partial charge in [-0.05, 0) is 18.6 Å². The number of benzene rings is 1. The SMILES string of the molecule is CCCCc1nc2c([nH]1)c(N)nc1cccc(N3CCNCC3)c12. The summed E-state index contributed by atoms with van der Waals surface area (Å²) in [5, 5.41) is 4.52. The zero-order valence-corrected chi connectivity index (χ0v) is 14.1. The standard InChI is InChI=1S/C18H24N6/c1-2-3-7-14-22-16-15-12(21-18(19)17(16)23-14)5-4-6-13(15)24-10-8-20-9-11-24/h4-6,20H,2-3,7-11H2,1H3,(H2,19,21)(H,22,23). The Bertz CT molecular complexity index is 863. The Labute approximate surface area is 141 Å². The summed E-state index contributed by atoms with van der Waals surface area (Å²) in [4.78, 5) is 15.3. The topological polar surface area (TPSA) is 82.9 Å². The number of aromatic amines is 1. The van der Waals surface area contributed by atoms with Crippen LogP contribution in [0.25, 0.3) is 21.9 Å². The quantitative estimate of drug-likeness (QED) is 0.686. The number of piperazine rings is 1. The van der Waals surface area contributed by atoms with Crippen LogP contribution in [0.4, 0.5) is 11.5 Å². The predicted molar refractivity (Wildman–Crippen MR) is 99.5 cm³/mol. The third-order valence-electron chi connectivity index (χ3n) is 4.73. The Kier molecular flexibility index (Phi) is 3.98. The summed E-state index contributed by atoms with van der Waals surface area (Å²) in [5.41, 5.74) is 10.1. The van der Waals surface area contributed by atoms with Gasteiger partial charge in [-0.3, -0.25) is 0 Å². The van der Waals surface area contributed by atoms with Crippen LogP contribution >= 0.6 is 0 Å². The molecule has 0 spiro atoms. The van der Waals surface area contributed by atoms with Crippen molar-refractivity contribution in [1.29, 1.82) is 0 Å². The fraction of sp³-hybridized carbons (Fsp3) is 0.444. The molecule has 0 aliphatic carbocycles. The molecule has 0 unspecified atom stereocenters. The van der Waals surface area contributed by atoms with Crippen LogP contribution in [0.3, 0.4) is 0 Å². The Morgan fingerprint density at radius 1 is 1.21 bits per heavy atom. The molecule has 1 aliphatic rings. The molecule has 0 bridgehead atoms. The van der Waals surface area contributed by atoms with E-state index in [9.17, 15) is 0 Å². The number of nitrogens with one attached hydrogen (secondary N) is 2. The number of hydrogen-bond donors (Lipinski definition) is 3. The van der Waals surface area contributed by atoms with Gasteiger partial charge in [0.2, 0.25) is 0 Å². The van der Waals surface area contributed by atoms with E-state index in [2.05, 4.69) is 39.2 Å². The average Bonchev–Trinajstić information content (AvgIpc) is 3.05. The third-order valence-corrected chi connectivity index (χ3v) is 4.73. The van der Waals surface area contributed by atoms with Crippen LogP contribution < -0.4 is 16.0 Å². The number of hydrogen-bond acceptors (Lipinski definition) is 5. The summed E-state index contributed by atoms with van der Waals surface area (Å²) in [5.74, 6) is 1.54. The first-order valence-electron chi connectivity index (χ1n) is 8.80. The zero-order valence-electron chi connectivity index (χ0n) is 14.1. The lowest BCUT2D eigenvalue weighted by Gasteiger charge is -2.30. The number of imidazole rings is 1. The summed E-state index contributed by atoms with van der Waals surface area (Å²) >= 11 is 0. The molecule has 6 nitrogen and oxygen atoms in total. The highest BCUT2D eigenvalue weighted by Crippen LogP contribution is 2.34. The Morgan fingerprint density at radius 3 is 2.83 bits per heavy atom. The van der Waals surface area contributed by atoms with E-state index in [0.29, 0.717) is 5.82 Å². The molecule has 0 amide bonds. The van der Waals surface area contributed by atoms with Crippen molar-refractivity contribution >= 4 is 33.4 Å². The Balaban J connectivity index is 1.91. The van der Waals surface area contributed by atoms with Gasteiger partial charge in [-0.2, -0.15) is 0 Å². The molecule has 0 atom stereocenters. The molecule has 1 saturated heterocycles. The first-order valence-corrected chi connectivity index (χ1v) is 8.80. The number of pyridine rings is 1. The Hall–Kier alpha value is -2.34. The number of nitrogen functional groups attached to an aromatic ring is 1. The van der Waals surface area contributed by atoms with Gasteiger partial charge in [-0.25, -0.2) is 9.97 Å². The molecule has 126 valence electrons. The van der Waals surface area contributed by atoms with E-state index >= 15 is 0 Å². The van der Waals surface area contributed by atoms with Gasteiger partial charge in [0.25, 0.3) is 0 Å². The van der Waals surface area contributed by atoms with Gasteiger partial charge in [-0.1, -0.05) is 19.4 Å². The normalized spacial score (nSPS) is 15.5. The van der Waals surface area contributed by atoms with Crippen LogP contribution in [-0.4, -0.2) is 41.1 Å². The van der Waals surface area contributed by atoms with E-state index in [1.165, 1.54) is 5.69 Å². The molecule has 1 aliphatic heterocycles. The van der Waals surface area contributed by atoms with E-state index in [1.54, 1.807) is 0 Å². The van der Waals surface area contributed by atoms with Crippen LogP contribution in [0.2, 0.25) is 0 Å². The number of anilines is 2. The van der Waals surface area contributed by atoms with Gasteiger partial charge < -0.3 is 20.9 Å². The molecule has 3 heterocycles. The number of H-pyrrole nitrogens is 1. The monoisotopic (exact) mass is 324 g/mol. The lowest BCUT2D eigenvalue weighted by atomic mass is 10.1. The minimum Gasteiger partial charge on any atom is -0.382 e. The summed E-state index contributed by atoms with van der Waals surface area (Å²) in [7, 11) is 0. The lowest BCUT2D eigenvalue weighted by Crippen LogP contribution is -2.43. The predicted octanol–water partition coefficient (Wildman–Crippen LogP) is 2.45. The number of rotatable bonds is 4. The number of aromatic nitrogens is 3. The van der Waals surface area contributed by atoms with Crippen molar-refractivity contribution in [3.05, 3.63) is 24.0 Å². The molecule has 1 aromatic carbocycles. The highest BCUT2D eigenvalue weighted by molar-refractivity contribution is 6.12. The van der Waals surface area contributed by atoms with Crippen molar-refractivity contribution < 1.29 is 0 Å². The van der Waals surface area contributed by atoms with Gasteiger partial charge in [0.1, 0.15) is 22.7 Å². The molecule has 24 heavy (non-hydrogen) atoms. The number of fused-ring (bicyclic) bond motifs is 3.